The third kappa shape index (κ3) is 45.4. The van der Waals surface area contributed by atoms with E-state index in [4.69, 9.17) is 29.4 Å². The predicted octanol–water partition coefficient (Wildman–Crippen LogP) is -5.77. The van der Waals surface area contributed by atoms with Crippen molar-refractivity contribution in [2.45, 2.75) is 0 Å². The second kappa shape index (κ2) is 28.1. The third-order valence-corrected chi connectivity index (χ3v) is 5.63. The van der Waals surface area contributed by atoms with Gasteiger partial charge in [-0.05, 0) is 0 Å². The van der Waals surface area contributed by atoms with Crippen molar-refractivity contribution in [3.05, 3.63) is 0 Å². The second-order valence-corrected chi connectivity index (χ2v) is 7.96. The SMILES string of the molecule is O=P(O)(O)OP(=O)(O)OP(=O)(O)OP(=O)(O)O.[KH].[KH].[KH].[KH].[NaH].[NaH].[NaH].[NaH]. The van der Waals surface area contributed by atoms with Gasteiger partial charge >= 0.3 is 355 Å². The molecule has 0 saturated heterocycles. The van der Waals surface area contributed by atoms with Gasteiger partial charge < -0.3 is 29.4 Å². The fourth-order valence-electron chi connectivity index (χ4n) is 0.429. The van der Waals surface area contributed by atoms with Crippen LogP contribution in [0.5, 0.6) is 0 Å². The van der Waals surface area contributed by atoms with Gasteiger partial charge in [-0.15, -0.1) is 0 Å². The monoisotopic (exact) mass is 594 g/mol. The fourth-order valence-corrected chi connectivity index (χ4v) is 4.40. The summed E-state index contributed by atoms with van der Waals surface area (Å²) < 4.78 is 50.9. The van der Waals surface area contributed by atoms with Gasteiger partial charge in [-0.3, -0.25) is 0 Å². The number of phosphoric acid groups is 4. The van der Waals surface area contributed by atoms with E-state index >= 15 is 0 Å². The van der Waals surface area contributed by atoms with Crippen LogP contribution in [0.4, 0.5) is 0 Å². The van der Waals surface area contributed by atoms with Gasteiger partial charge in [0.05, 0.1) is 0 Å². The normalized spacial score (nSPS) is 14.0. The molecule has 0 aliphatic carbocycles. The standard InChI is InChI=1S/4K.4Na.H6O13P4.8H/c;;;;;;;;1-14(2,3)11-16(7,8)13-17(9,10)12-15(4,5)6;;;;;;;;/h;;;;;;;;(H,7,8)(H,9,10)(H2,1,2,3)(H2,4,5,6);;;;;;;;. The van der Waals surface area contributed by atoms with Crippen molar-refractivity contribution in [1.29, 1.82) is 0 Å². The number of rotatable bonds is 6. The summed E-state index contributed by atoms with van der Waals surface area (Å²) in [5, 5.41) is 0. The van der Waals surface area contributed by atoms with Gasteiger partial charge in [-0.2, -0.15) is 12.9 Å². The molecule has 0 bridgehead atoms. The van der Waals surface area contributed by atoms with Crippen molar-refractivity contribution in [3.63, 3.8) is 0 Å². The summed E-state index contributed by atoms with van der Waals surface area (Å²) in [6.07, 6.45) is 0. The van der Waals surface area contributed by atoms with Gasteiger partial charge in [-0.25, -0.2) is 18.3 Å². The van der Waals surface area contributed by atoms with E-state index in [1.807, 2.05) is 0 Å². The van der Waals surface area contributed by atoms with Crippen LogP contribution < -0.4 is 0 Å². The predicted molar refractivity (Wildman–Crippen MR) is 104 cm³/mol. The van der Waals surface area contributed by atoms with Crippen LogP contribution in [0.25, 0.3) is 0 Å². The molecule has 2 atom stereocenters. The molecule has 0 fully saturated rings. The van der Waals surface area contributed by atoms with E-state index in [0.29, 0.717) is 0 Å². The molecule has 0 amide bonds. The summed E-state index contributed by atoms with van der Waals surface area (Å²) >= 11 is 0. The van der Waals surface area contributed by atoms with Crippen molar-refractivity contribution >= 4 is 355 Å². The zero-order valence-electron chi connectivity index (χ0n) is 7.33. The maximum absolute atomic E-state index is 10.7. The molecule has 120 valence electrons. The fraction of sp³-hybridized carbons (Fsp3) is 0. The molecule has 0 aromatic carbocycles. The third-order valence-electron chi connectivity index (χ3n) is 0.625. The van der Waals surface area contributed by atoms with Crippen LogP contribution in [0, 0.1) is 0 Å². The van der Waals surface area contributed by atoms with Crippen molar-refractivity contribution in [2.24, 2.45) is 0 Å². The summed E-state index contributed by atoms with van der Waals surface area (Å²) in [7, 11) is -22.6. The van der Waals surface area contributed by atoms with E-state index in [1.165, 1.54) is 0 Å². The van der Waals surface area contributed by atoms with E-state index in [0.717, 1.165) is 0 Å². The van der Waals surface area contributed by atoms with Crippen LogP contribution in [0.1, 0.15) is 0 Å². The first kappa shape index (κ1) is 60.6. The Bertz CT molecular complexity index is 433. The Hall–Kier alpha value is 11.1. The first-order valence-electron chi connectivity index (χ1n) is 3.03. The first-order valence-corrected chi connectivity index (χ1v) is 9.08. The van der Waals surface area contributed by atoms with Crippen molar-refractivity contribution in [1.82, 2.24) is 0 Å². The molecule has 2 unspecified atom stereocenters. The van der Waals surface area contributed by atoms with E-state index in [-0.39, 0.29) is 324 Å². The Kier molecular flexibility index (Phi) is 68.1. The van der Waals surface area contributed by atoms with E-state index in [9.17, 15) is 18.3 Å². The topological polar surface area (TPSA) is 217 Å². The maximum atomic E-state index is 10.7. The Labute approximate surface area is 402 Å². The Morgan fingerprint density at radius 3 is 0.720 bits per heavy atom. The molecular formula is H14K4Na4O13P4. The van der Waals surface area contributed by atoms with E-state index < -0.39 is 31.3 Å². The molecule has 25 heteroatoms. The van der Waals surface area contributed by atoms with Gasteiger partial charge in [0.25, 0.3) is 0 Å². The van der Waals surface area contributed by atoms with Crippen LogP contribution in [-0.4, -0.2) is 353 Å². The molecule has 0 aliphatic heterocycles. The summed E-state index contributed by atoms with van der Waals surface area (Å²) in [5.41, 5.74) is 0. The number of hydrogen-bond acceptors (Lipinski definition) is 7. The van der Waals surface area contributed by atoms with Gasteiger partial charge in [0, 0.05) is 0 Å². The molecule has 0 spiro atoms. The van der Waals surface area contributed by atoms with Crippen LogP contribution in [0.3, 0.4) is 0 Å². The quantitative estimate of drug-likeness (QED) is 0.125. The molecule has 0 rings (SSSR count). The van der Waals surface area contributed by atoms with Crippen LogP contribution in [0.15, 0.2) is 0 Å². The first-order chi connectivity index (χ1) is 7.12. The van der Waals surface area contributed by atoms with E-state index in [2.05, 4.69) is 12.9 Å². The zero-order valence-corrected chi connectivity index (χ0v) is 10.9. The van der Waals surface area contributed by atoms with Gasteiger partial charge in [-0.1, -0.05) is 0 Å². The molecule has 0 aromatic heterocycles. The van der Waals surface area contributed by atoms with Gasteiger partial charge in [0.2, 0.25) is 0 Å². The summed E-state index contributed by atoms with van der Waals surface area (Å²) in [5.74, 6) is 0. The van der Waals surface area contributed by atoms with Crippen molar-refractivity contribution in [3.8, 4) is 0 Å². The van der Waals surface area contributed by atoms with Gasteiger partial charge in [0.15, 0.2) is 0 Å². The Morgan fingerprint density at radius 2 is 0.600 bits per heavy atom. The second-order valence-electron chi connectivity index (χ2n) is 2.16. The van der Waals surface area contributed by atoms with Crippen LogP contribution >= 0.6 is 31.3 Å². The minimum absolute atomic E-state index is 0. The van der Waals surface area contributed by atoms with Crippen LogP contribution in [0.2, 0.25) is 0 Å². The summed E-state index contributed by atoms with van der Waals surface area (Å²) in [4.78, 5) is 49.4. The average molecular weight is 594 g/mol. The summed E-state index contributed by atoms with van der Waals surface area (Å²) in [6.45, 7) is 0. The van der Waals surface area contributed by atoms with E-state index in [1.54, 1.807) is 0 Å². The molecule has 13 nitrogen and oxygen atoms in total. The molecule has 6 N–H and O–H groups in total. The Morgan fingerprint density at radius 1 is 0.440 bits per heavy atom. The molecule has 0 saturated carbocycles. The molecule has 0 aliphatic rings. The Balaban J connectivity index is -0.0000000457. The van der Waals surface area contributed by atoms with Crippen molar-refractivity contribution < 1.29 is 60.6 Å². The molecule has 0 heterocycles. The van der Waals surface area contributed by atoms with Crippen LogP contribution in [-0.2, 0) is 31.2 Å². The average Bonchev–Trinajstić information content (AvgIpc) is 1.65. The molecule has 0 aromatic rings. The summed E-state index contributed by atoms with van der Waals surface area (Å²) in [6, 6.07) is 0. The molecular weight excluding hydrogens is 580 g/mol. The van der Waals surface area contributed by atoms with Gasteiger partial charge in [0.1, 0.15) is 0 Å². The van der Waals surface area contributed by atoms with Crippen molar-refractivity contribution in [2.75, 3.05) is 0 Å². The zero-order chi connectivity index (χ0) is 14.1. The molecule has 0 radical (unpaired) electrons. The minimum atomic E-state index is -5.77. The number of hydrogen-bond donors (Lipinski definition) is 6. The molecule has 25 heavy (non-hydrogen) atoms.